The van der Waals surface area contributed by atoms with E-state index in [1.165, 1.54) is 12.1 Å². The van der Waals surface area contributed by atoms with Gasteiger partial charge in [0.2, 0.25) is 11.8 Å². The summed E-state index contributed by atoms with van der Waals surface area (Å²) in [5.41, 5.74) is 0.0524. The number of alkyl carbamates (subject to hydrolysis) is 1. The summed E-state index contributed by atoms with van der Waals surface area (Å²) in [5.74, 6) is -1.31. The van der Waals surface area contributed by atoms with Gasteiger partial charge in [-0.25, -0.2) is 22.9 Å². The Morgan fingerprint density at radius 1 is 0.841 bits per heavy atom. The van der Waals surface area contributed by atoms with E-state index >= 15 is 0 Å². The van der Waals surface area contributed by atoms with E-state index in [4.69, 9.17) is 19.2 Å². The third kappa shape index (κ3) is 10.8. The van der Waals surface area contributed by atoms with Crippen molar-refractivity contribution >= 4 is 44.7 Å². The van der Waals surface area contributed by atoms with Crippen LogP contribution in [0, 0.1) is 5.92 Å². The number of carbonyl (C=O) groups excluding carboxylic acids is 4. The zero-order valence-electron chi connectivity index (χ0n) is 35.6. The third-order valence-corrected chi connectivity index (χ3v) is 12.2. The average Bonchev–Trinajstić information content (AvgIpc) is 3.97. The highest BCUT2D eigenvalue weighted by Crippen LogP contribution is 2.46. The van der Waals surface area contributed by atoms with Gasteiger partial charge in [-0.15, -0.1) is 0 Å². The van der Waals surface area contributed by atoms with Crippen molar-refractivity contribution in [3.63, 3.8) is 0 Å². The number of rotatable bonds is 9. The van der Waals surface area contributed by atoms with Crippen LogP contribution < -0.4 is 30.1 Å². The monoisotopic (exact) mass is 873 g/mol. The number of amides is 4. The van der Waals surface area contributed by atoms with Gasteiger partial charge in [-0.2, -0.15) is 0 Å². The van der Waals surface area contributed by atoms with Crippen LogP contribution in [-0.4, -0.2) is 61.5 Å². The quantitative estimate of drug-likeness (QED) is 0.107. The number of ether oxygens (including phenoxy) is 3. The lowest BCUT2D eigenvalue weighted by molar-refractivity contribution is -0.133. The van der Waals surface area contributed by atoms with Crippen LogP contribution in [0.1, 0.15) is 70.9 Å². The molecular weight excluding hydrogens is 823 g/mol. The Kier molecular flexibility index (Phi) is 13.2. The molecule has 2 heterocycles. The molecule has 4 aromatic carbocycles. The lowest BCUT2D eigenvalue weighted by Crippen LogP contribution is -2.56. The van der Waals surface area contributed by atoms with Gasteiger partial charge in [0.05, 0.1) is 23.2 Å². The first-order chi connectivity index (χ1) is 30.1. The van der Waals surface area contributed by atoms with Gasteiger partial charge in [0.15, 0.2) is 0 Å². The number of hydrogen-bond donors (Lipinski definition) is 4. The molecule has 2 aliphatic rings. The SMILES string of the molecule is COc1ccc2c(Oc3ccc([C@@H]4NC(=O)[C@@H](NC(=O)OC(C)(C)C)CCCCC/C=C/[C@@H]5C[C@@]5(C(=O)NS(=O)(=O)c5ccccc5)NC4=O)cc3)cc(-c3ccccc3)nc2c1. The number of hydrogen-bond acceptors (Lipinski definition) is 10. The van der Waals surface area contributed by atoms with Gasteiger partial charge in [0.25, 0.3) is 15.9 Å². The van der Waals surface area contributed by atoms with Crippen LogP contribution in [0.15, 0.2) is 126 Å². The molecular formula is C48H51N5O9S. The van der Waals surface area contributed by atoms with E-state index in [1.54, 1.807) is 70.3 Å². The van der Waals surface area contributed by atoms with E-state index in [0.717, 1.165) is 23.8 Å². The minimum absolute atomic E-state index is 0.113. The second kappa shape index (κ2) is 18.7. The third-order valence-electron chi connectivity index (χ3n) is 10.8. The minimum atomic E-state index is -4.30. The van der Waals surface area contributed by atoms with Crippen LogP contribution in [-0.2, 0) is 29.1 Å². The largest absolute Gasteiger partial charge is 0.497 e. The number of carbonyl (C=O) groups is 4. The lowest BCUT2D eigenvalue weighted by atomic mass is 10.0. The molecule has 1 aromatic heterocycles. The molecule has 1 aliphatic heterocycles. The number of benzene rings is 4. The average molecular weight is 874 g/mol. The Morgan fingerprint density at radius 2 is 1.54 bits per heavy atom. The second-order valence-corrected chi connectivity index (χ2v) is 18.3. The van der Waals surface area contributed by atoms with Gasteiger partial charge < -0.3 is 30.2 Å². The zero-order valence-corrected chi connectivity index (χ0v) is 36.4. The predicted octanol–water partition coefficient (Wildman–Crippen LogP) is 7.65. The maximum atomic E-state index is 14.6. The van der Waals surface area contributed by atoms with E-state index in [1.807, 2.05) is 66.7 Å². The van der Waals surface area contributed by atoms with E-state index in [2.05, 4.69) is 20.7 Å². The molecule has 0 unspecified atom stereocenters. The predicted molar refractivity (Wildman–Crippen MR) is 237 cm³/mol. The molecule has 0 spiro atoms. The summed E-state index contributed by atoms with van der Waals surface area (Å²) >= 11 is 0. The van der Waals surface area contributed by atoms with Crippen LogP contribution in [0.5, 0.6) is 17.2 Å². The Hall–Kier alpha value is -6.74. The fourth-order valence-electron chi connectivity index (χ4n) is 7.45. The zero-order chi connectivity index (χ0) is 44.8. The van der Waals surface area contributed by atoms with E-state index < -0.39 is 63.0 Å². The smallest absolute Gasteiger partial charge is 0.408 e. The van der Waals surface area contributed by atoms with Crippen LogP contribution in [0.3, 0.4) is 0 Å². The normalized spacial score (nSPS) is 21.2. The maximum Gasteiger partial charge on any atom is 0.408 e. The number of allylic oxidation sites excluding steroid dienone is 1. The van der Waals surface area contributed by atoms with E-state index in [0.29, 0.717) is 46.9 Å². The molecule has 1 aliphatic carbocycles. The fraction of sp³-hybridized carbons (Fsp3) is 0.312. The highest BCUT2D eigenvalue weighted by molar-refractivity contribution is 7.90. The molecule has 14 nitrogen and oxygen atoms in total. The van der Waals surface area contributed by atoms with Crippen molar-refractivity contribution in [1.29, 1.82) is 0 Å². The van der Waals surface area contributed by atoms with Gasteiger partial charge in [0, 0.05) is 29.0 Å². The number of methoxy groups -OCH3 is 1. The van der Waals surface area contributed by atoms with Gasteiger partial charge >= 0.3 is 6.09 Å². The summed E-state index contributed by atoms with van der Waals surface area (Å²) in [6.07, 6.45) is 6.05. The van der Waals surface area contributed by atoms with Crippen molar-refractivity contribution in [2.75, 3.05) is 7.11 Å². The van der Waals surface area contributed by atoms with Crippen molar-refractivity contribution in [3.8, 4) is 28.5 Å². The van der Waals surface area contributed by atoms with Crippen LogP contribution in [0.25, 0.3) is 22.2 Å². The Balaban J connectivity index is 1.22. The number of nitrogens with zero attached hydrogens (tertiary/aromatic N) is 1. The first-order valence-corrected chi connectivity index (χ1v) is 22.4. The number of fused-ring (bicyclic) bond motifs is 2. The van der Waals surface area contributed by atoms with Crippen LogP contribution in [0.2, 0.25) is 0 Å². The van der Waals surface area contributed by atoms with Crippen molar-refractivity contribution in [2.45, 2.75) is 87.4 Å². The highest BCUT2D eigenvalue weighted by Gasteiger charge is 2.61. The summed E-state index contributed by atoms with van der Waals surface area (Å²) in [4.78, 5) is 60.6. The standard InChI is InChI=1S/C48H51N5O9S/c1-47(2,3)62-46(57)50-38-21-15-7-5-6-12-18-33-30-48(33,45(56)53-63(58,59)36-19-13-9-14-20-36)52-44(55)42(51-43(38)54)32-22-24-34(25-23-32)61-41-29-39(31-16-10-8-11-17-31)49-40-28-35(60-4)26-27-37(40)41/h8-14,16-20,22-29,33,38,42H,5-7,15,21,30H2,1-4H3,(H,50,57)(H,51,54)(H,52,55)(H,53,56)/b18-12+/t33-,38+,42+,48-/m1/s1. The van der Waals surface area contributed by atoms with Gasteiger partial charge in [-0.1, -0.05) is 85.7 Å². The molecule has 5 aromatic rings. The molecule has 63 heavy (non-hydrogen) atoms. The molecule has 1 saturated carbocycles. The van der Waals surface area contributed by atoms with Gasteiger partial charge in [-0.3, -0.25) is 14.4 Å². The summed E-state index contributed by atoms with van der Waals surface area (Å²) in [6, 6.07) is 28.5. The Bertz CT molecular complexity index is 2620. The van der Waals surface area contributed by atoms with Gasteiger partial charge in [0.1, 0.15) is 40.5 Å². The Labute approximate surface area is 366 Å². The number of nitrogens with one attached hydrogen (secondary N) is 4. The molecule has 7 rings (SSSR count). The first kappa shape index (κ1) is 44.3. The van der Waals surface area contributed by atoms with Crippen LogP contribution >= 0.6 is 0 Å². The van der Waals surface area contributed by atoms with Gasteiger partial charge in [-0.05, 0) is 88.4 Å². The molecule has 1 fully saturated rings. The molecule has 15 heteroatoms. The molecule has 0 bridgehead atoms. The lowest BCUT2D eigenvalue weighted by Gasteiger charge is -2.27. The molecule has 4 amide bonds. The summed E-state index contributed by atoms with van der Waals surface area (Å²) in [7, 11) is -2.72. The minimum Gasteiger partial charge on any atom is -0.497 e. The molecule has 4 atom stereocenters. The van der Waals surface area contributed by atoms with Crippen molar-refractivity contribution in [3.05, 3.63) is 127 Å². The summed E-state index contributed by atoms with van der Waals surface area (Å²) < 4.78 is 46.3. The molecule has 0 radical (unpaired) electrons. The number of aromatic nitrogens is 1. The summed E-state index contributed by atoms with van der Waals surface area (Å²) in [5, 5.41) is 9.05. The van der Waals surface area contributed by atoms with Crippen molar-refractivity contribution < 1.29 is 41.8 Å². The number of sulfonamides is 1. The second-order valence-electron chi connectivity index (χ2n) is 16.7. The fourth-order valence-corrected chi connectivity index (χ4v) is 8.51. The molecule has 4 N–H and O–H groups in total. The first-order valence-electron chi connectivity index (χ1n) is 20.9. The number of pyridine rings is 1. The molecule has 0 saturated heterocycles. The molecule has 328 valence electrons. The summed E-state index contributed by atoms with van der Waals surface area (Å²) in [6.45, 7) is 5.13. The topological polar surface area (TPSA) is 191 Å². The van der Waals surface area contributed by atoms with E-state index in [-0.39, 0.29) is 17.7 Å². The highest BCUT2D eigenvalue weighted by atomic mass is 32.2. The Morgan fingerprint density at radius 3 is 2.24 bits per heavy atom. The van der Waals surface area contributed by atoms with Crippen molar-refractivity contribution in [2.24, 2.45) is 5.92 Å². The maximum absolute atomic E-state index is 14.6. The van der Waals surface area contributed by atoms with Crippen LogP contribution in [0.4, 0.5) is 4.79 Å². The van der Waals surface area contributed by atoms with Crippen molar-refractivity contribution in [1.82, 2.24) is 25.7 Å². The van der Waals surface area contributed by atoms with E-state index in [9.17, 15) is 27.6 Å².